The van der Waals surface area contributed by atoms with E-state index in [2.05, 4.69) is 32.0 Å². The van der Waals surface area contributed by atoms with Gasteiger partial charge in [0.25, 0.3) is 5.91 Å². The van der Waals surface area contributed by atoms with Crippen LogP contribution >= 0.6 is 39.1 Å². The van der Waals surface area contributed by atoms with Crippen LogP contribution < -0.4 is 16.1 Å². The lowest BCUT2D eigenvalue weighted by Gasteiger charge is -2.14. The Balaban J connectivity index is 1.65. The van der Waals surface area contributed by atoms with Crippen LogP contribution in [0.1, 0.15) is 21.6 Å². The van der Waals surface area contributed by atoms with E-state index in [9.17, 15) is 14.4 Å². The van der Waals surface area contributed by atoms with Gasteiger partial charge in [-0.15, -0.1) is 0 Å². The van der Waals surface area contributed by atoms with Crippen molar-refractivity contribution in [1.29, 1.82) is 0 Å². The Morgan fingerprint density at radius 3 is 2.37 bits per heavy atom. The minimum Gasteiger partial charge on any atom is -0.319 e. The summed E-state index contributed by atoms with van der Waals surface area (Å²) in [7, 11) is 0. The summed E-state index contributed by atoms with van der Waals surface area (Å²) in [5.74, 6) is -2.36. The van der Waals surface area contributed by atoms with E-state index < -0.39 is 17.7 Å². The second-order valence-electron chi connectivity index (χ2n) is 7.79. The third-order valence-electron chi connectivity index (χ3n) is 5.45. The summed E-state index contributed by atoms with van der Waals surface area (Å²) in [6, 6.07) is 17.0. The van der Waals surface area contributed by atoms with E-state index in [1.54, 1.807) is 48.5 Å². The number of anilines is 2. The SMILES string of the molecule is Cc1cccc(NC(=O)C(=O)Nn2c(C(=O)Nc3ccc(Cl)cc3Cl)cc3cc(Br)ccc32)c1C. The molecule has 35 heavy (non-hydrogen) atoms. The van der Waals surface area contributed by atoms with E-state index in [-0.39, 0.29) is 10.7 Å². The maximum atomic E-state index is 13.2. The molecular formula is C25H19BrCl2N4O3. The largest absolute Gasteiger partial charge is 0.328 e. The van der Waals surface area contributed by atoms with Crippen LogP contribution in [-0.2, 0) is 9.59 Å². The molecule has 0 aliphatic rings. The van der Waals surface area contributed by atoms with Gasteiger partial charge in [0.1, 0.15) is 5.69 Å². The molecule has 1 heterocycles. The van der Waals surface area contributed by atoms with E-state index in [0.717, 1.165) is 15.6 Å². The van der Waals surface area contributed by atoms with Crippen molar-refractivity contribution in [2.45, 2.75) is 13.8 Å². The Morgan fingerprint density at radius 1 is 0.857 bits per heavy atom. The second kappa shape index (κ2) is 10.1. The maximum absolute atomic E-state index is 13.2. The molecule has 0 saturated carbocycles. The molecule has 0 atom stereocenters. The van der Waals surface area contributed by atoms with Crippen LogP contribution in [0.3, 0.4) is 0 Å². The second-order valence-corrected chi connectivity index (χ2v) is 9.55. The molecule has 0 unspecified atom stereocenters. The fraction of sp³-hybridized carbons (Fsp3) is 0.0800. The molecule has 0 radical (unpaired) electrons. The Morgan fingerprint density at radius 2 is 1.63 bits per heavy atom. The number of carbonyl (C=O) groups excluding carboxylic acids is 3. The molecule has 0 aliphatic heterocycles. The van der Waals surface area contributed by atoms with Crippen molar-refractivity contribution in [2.75, 3.05) is 16.1 Å². The van der Waals surface area contributed by atoms with Crippen molar-refractivity contribution in [1.82, 2.24) is 4.68 Å². The lowest BCUT2D eigenvalue weighted by molar-refractivity contribution is -0.133. The van der Waals surface area contributed by atoms with Gasteiger partial charge < -0.3 is 10.6 Å². The van der Waals surface area contributed by atoms with E-state index >= 15 is 0 Å². The van der Waals surface area contributed by atoms with Crippen LogP contribution in [-0.4, -0.2) is 22.4 Å². The van der Waals surface area contributed by atoms with Gasteiger partial charge in [0.05, 0.1) is 16.2 Å². The number of benzene rings is 3. The summed E-state index contributed by atoms with van der Waals surface area (Å²) in [5, 5.41) is 6.68. The number of fused-ring (bicyclic) bond motifs is 1. The molecule has 3 aromatic carbocycles. The fourth-order valence-corrected chi connectivity index (χ4v) is 4.30. The molecule has 0 spiro atoms. The third kappa shape index (κ3) is 5.35. The van der Waals surface area contributed by atoms with Gasteiger partial charge >= 0.3 is 11.8 Å². The maximum Gasteiger partial charge on any atom is 0.328 e. The predicted octanol–water partition coefficient (Wildman–Crippen LogP) is 6.29. The van der Waals surface area contributed by atoms with Crippen LogP contribution in [0.4, 0.5) is 11.4 Å². The van der Waals surface area contributed by atoms with Crippen LogP contribution in [0.25, 0.3) is 10.9 Å². The van der Waals surface area contributed by atoms with Gasteiger partial charge in [0, 0.05) is 20.6 Å². The normalized spacial score (nSPS) is 10.8. The van der Waals surface area contributed by atoms with Crippen molar-refractivity contribution < 1.29 is 14.4 Å². The summed E-state index contributed by atoms with van der Waals surface area (Å²) in [5.41, 5.74) is 5.85. The molecule has 3 amide bonds. The van der Waals surface area contributed by atoms with Crippen molar-refractivity contribution in [3.63, 3.8) is 0 Å². The summed E-state index contributed by atoms with van der Waals surface area (Å²) >= 11 is 15.5. The van der Waals surface area contributed by atoms with Gasteiger partial charge in [-0.25, -0.2) is 4.68 Å². The molecular weight excluding hydrogens is 555 g/mol. The number of nitrogens with zero attached hydrogens (tertiary/aromatic N) is 1. The topological polar surface area (TPSA) is 92.2 Å². The molecule has 0 bridgehead atoms. The van der Waals surface area contributed by atoms with Crippen molar-refractivity contribution in [2.24, 2.45) is 0 Å². The van der Waals surface area contributed by atoms with Crippen LogP contribution in [0.5, 0.6) is 0 Å². The van der Waals surface area contributed by atoms with E-state index in [1.807, 2.05) is 19.9 Å². The molecule has 10 heteroatoms. The van der Waals surface area contributed by atoms with Crippen LogP contribution in [0.15, 0.2) is 65.1 Å². The highest BCUT2D eigenvalue weighted by atomic mass is 79.9. The first-order valence-corrected chi connectivity index (χ1v) is 11.9. The number of halogens is 3. The zero-order chi connectivity index (χ0) is 25.3. The molecule has 4 rings (SSSR count). The number of hydrogen-bond acceptors (Lipinski definition) is 3. The first kappa shape index (κ1) is 24.8. The molecule has 1 aromatic heterocycles. The highest BCUT2D eigenvalue weighted by molar-refractivity contribution is 9.10. The molecule has 0 fully saturated rings. The number of nitrogens with one attached hydrogen (secondary N) is 3. The first-order chi connectivity index (χ1) is 16.6. The van der Waals surface area contributed by atoms with Crippen LogP contribution in [0, 0.1) is 13.8 Å². The number of aromatic nitrogens is 1. The van der Waals surface area contributed by atoms with Crippen molar-refractivity contribution in [3.8, 4) is 0 Å². The minimum absolute atomic E-state index is 0.0944. The van der Waals surface area contributed by atoms with Gasteiger partial charge in [-0.2, -0.15) is 0 Å². The summed E-state index contributed by atoms with van der Waals surface area (Å²) in [4.78, 5) is 38.7. The van der Waals surface area contributed by atoms with Gasteiger partial charge in [-0.05, 0) is 73.5 Å². The molecule has 4 aromatic rings. The Kier molecular flexibility index (Phi) is 7.16. The Bertz CT molecular complexity index is 1500. The fourth-order valence-electron chi connectivity index (χ4n) is 3.47. The molecule has 178 valence electrons. The third-order valence-corrected chi connectivity index (χ3v) is 6.49. The lowest BCUT2D eigenvalue weighted by Crippen LogP contribution is -2.36. The number of rotatable bonds is 4. The van der Waals surface area contributed by atoms with Gasteiger partial charge in [0.15, 0.2) is 0 Å². The molecule has 0 saturated heterocycles. The minimum atomic E-state index is -0.940. The van der Waals surface area contributed by atoms with E-state index in [0.29, 0.717) is 27.3 Å². The van der Waals surface area contributed by atoms with Gasteiger partial charge in [0.2, 0.25) is 0 Å². The number of hydrogen-bond donors (Lipinski definition) is 3. The molecule has 3 N–H and O–H groups in total. The number of amides is 3. The molecule has 0 aliphatic carbocycles. The van der Waals surface area contributed by atoms with E-state index in [1.165, 1.54) is 10.7 Å². The Hall–Kier alpha value is -3.33. The number of aryl methyl sites for hydroxylation is 1. The van der Waals surface area contributed by atoms with E-state index in [4.69, 9.17) is 23.2 Å². The predicted molar refractivity (Wildman–Crippen MR) is 143 cm³/mol. The lowest BCUT2D eigenvalue weighted by atomic mass is 10.1. The summed E-state index contributed by atoms with van der Waals surface area (Å²) < 4.78 is 2.06. The van der Waals surface area contributed by atoms with Gasteiger partial charge in [-0.1, -0.05) is 51.3 Å². The average molecular weight is 574 g/mol. The highest BCUT2D eigenvalue weighted by Gasteiger charge is 2.22. The zero-order valence-corrected chi connectivity index (χ0v) is 21.7. The van der Waals surface area contributed by atoms with Crippen molar-refractivity contribution in [3.05, 3.63) is 92.0 Å². The zero-order valence-electron chi connectivity index (χ0n) is 18.6. The van der Waals surface area contributed by atoms with Crippen LogP contribution in [0.2, 0.25) is 10.0 Å². The monoisotopic (exact) mass is 572 g/mol. The summed E-state index contributed by atoms with van der Waals surface area (Å²) in [6.07, 6.45) is 0. The highest BCUT2D eigenvalue weighted by Crippen LogP contribution is 2.28. The average Bonchev–Trinajstić information content (AvgIpc) is 3.16. The smallest absolute Gasteiger partial charge is 0.319 e. The quantitative estimate of drug-likeness (QED) is 0.251. The first-order valence-electron chi connectivity index (χ1n) is 10.4. The Labute approximate surface area is 219 Å². The standard InChI is InChI=1S/C25H19BrCl2N4O3/c1-13-4-3-5-19(14(13)2)29-24(34)25(35)31-32-21-9-6-16(26)10-15(21)11-22(32)23(33)30-20-8-7-17(27)12-18(20)28/h3-12H,1-2H3,(H,29,34)(H,30,33)(H,31,35). The molecule has 7 nitrogen and oxygen atoms in total. The number of carbonyl (C=O) groups is 3. The summed E-state index contributed by atoms with van der Waals surface area (Å²) in [6.45, 7) is 3.76. The van der Waals surface area contributed by atoms with Gasteiger partial charge in [-0.3, -0.25) is 19.8 Å². The van der Waals surface area contributed by atoms with Crippen molar-refractivity contribution >= 4 is 79.1 Å².